The normalized spacial score (nSPS) is 17.2. The highest BCUT2D eigenvalue weighted by Gasteiger charge is 2.42. The van der Waals surface area contributed by atoms with E-state index >= 15 is 0 Å². The zero-order chi connectivity index (χ0) is 27.3. The molecule has 2 amide bonds. The zero-order valence-electron chi connectivity index (χ0n) is 19.8. The van der Waals surface area contributed by atoms with E-state index in [4.69, 9.17) is 4.74 Å². The smallest absolute Gasteiger partial charge is 0.380 e. The first kappa shape index (κ1) is 27.3. The van der Waals surface area contributed by atoms with Gasteiger partial charge in [0.2, 0.25) is 5.91 Å². The monoisotopic (exact) mass is 593 g/mol. The van der Waals surface area contributed by atoms with Gasteiger partial charge in [0, 0.05) is 35.9 Å². The molecule has 0 bridgehead atoms. The summed E-state index contributed by atoms with van der Waals surface area (Å²) in [6, 6.07) is 11.6. The van der Waals surface area contributed by atoms with Crippen LogP contribution in [0.15, 0.2) is 64.0 Å². The molecule has 1 atom stereocenters. The molecular weight excluding hydrogens is 571 g/mol. The molecule has 1 aliphatic rings. The summed E-state index contributed by atoms with van der Waals surface area (Å²) in [6.07, 6.45) is -2.91. The minimum absolute atomic E-state index is 0.00204. The molecule has 1 aliphatic heterocycles. The lowest BCUT2D eigenvalue weighted by atomic mass is 9.86. The summed E-state index contributed by atoms with van der Waals surface area (Å²) in [5.41, 5.74) is -1.14. The summed E-state index contributed by atoms with van der Waals surface area (Å²) >= 11 is 3.06. The van der Waals surface area contributed by atoms with Crippen LogP contribution in [0.1, 0.15) is 27.9 Å². The number of aromatic nitrogens is 2. The number of alkyl halides is 3. The van der Waals surface area contributed by atoms with Crippen molar-refractivity contribution in [3.8, 4) is 0 Å². The highest BCUT2D eigenvalue weighted by Crippen LogP contribution is 2.37. The van der Waals surface area contributed by atoms with Gasteiger partial charge in [-0.05, 0) is 42.3 Å². The van der Waals surface area contributed by atoms with Crippen LogP contribution >= 0.6 is 15.9 Å². The number of amides is 2. The van der Waals surface area contributed by atoms with E-state index < -0.39 is 28.6 Å². The van der Waals surface area contributed by atoms with Gasteiger partial charge in [-0.15, -0.1) is 0 Å². The number of anilines is 2. The minimum atomic E-state index is -4.52. The van der Waals surface area contributed by atoms with Crippen molar-refractivity contribution in [1.29, 1.82) is 0 Å². The van der Waals surface area contributed by atoms with Crippen molar-refractivity contribution in [1.82, 2.24) is 20.8 Å². The molecule has 4 rings (SSSR count). The summed E-state index contributed by atoms with van der Waals surface area (Å²) in [7, 11) is 0. The zero-order valence-corrected chi connectivity index (χ0v) is 21.4. The quantitative estimate of drug-likeness (QED) is 0.315. The van der Waals surface area contributed by atoms with Crippen LogP contribution in [0.5, 0.6) is 0 Å². The summed E-state index contributed by atoms with van der Waals surface area (Å²) in [5.74, 6) is -0.851. The van der Waals surface area contributed by atoms with Crippen LogP contribution in [0.25, 0.3) is 0 Å². The second-order valence-corrected chi connectivity index (χ2v) is 9.71. The van der Waals surface area contributed by atoms with Crippen molar-refractivity contribution in [3.63, 3.8) is 0 Å². The summed E-state index contributed by atoms with van der Waals surface area (Å²) in [5, 5.41) is 14.1. The molecule has 3 aromatic rings. The number of hydrogen-bond donors (Lipinski definition) is 4. The van der Waals surface area contributed by atoms with Gasteiger partial charge in [-0.2, -0.15) is 18.3 Å². The van der Waals surface area contributed by atoms with Gasteiger partial charge in [0.15, 0.2) is 0 Å². The molecular formula is C25H23BrF3N5O4. The summed E-state index contributed by atoms with van der Waals surface area (Å²) in [6.45, 7) is 0.636. The fourth-order valence-corrected chi connectivity index (χ4v) is 4.31. The third-order valence-corrected chi connectivity index (χ3v) is 6.57. The SMILES string of the molecule is O=C(NC[C@@]1(C(=O)NCc2ccc(Nc3ccc(Br)cc3C(F)(F)F)cc2)CCOC1)c1cn[nH]c(=O)c1. The number of rotatable bonds is 8. The Balaban J connectivity index is 1.36. The van der Waals surface area contributed by atoms with Crippen LogP contribution in [0.4, 0.5) is 24.5 Å². The molecule has 38 heavy (non-hydrogen) atoms. The van der Waals surface area contributed by atoms with Crippen LogP contribution < -0.4 is 21.5 Å². The lowest BCUT2D eigenvalue weighted by molar-refractivity contribution is -0.137. The molecule has 2 heterocycles. The van der Waals surface area contributed by atoms with E-state index in [0.717, 1.165) is 17.7 Å². The van der Waals surface area contributed by atoms with Gasteiger partial charge in [-0.1, -0.05) is 28.1 Å². The molecule has 1 aromatic heterocycles. The van der Waals surface area contributed by atoms with Crippen molar-refractivity contribution < 1.29 is 27.5 Å². The highest BCUT2D eigenvalue weighted by atomic mass is 79.9. The number of halogens is 4. The third kappa shape index (κ3) is 6.58. The van der Waals surface area contributed by atoms with Gasteiger partial charge in [-0.25, -0.2) is 5.10 Å². The van der Waals surface area contributed by atoms with Crippen LogP contribution in [-0.2, 0) is 22.3 Å². The van der Waals surface area contributed by atoms with Gasteiger partial charge in [0.05, 0.1) is 35.0 Å². The number of nitrogens with zero attached hydrogens (tertiary/aromatic N) is 1. The highest BCUT2D eigenvalue weighted by molar-refractivity contribution is 9.10. The molecule has 9 nitrogen and oxygen atoms in total. The first-order valence-corrected chi connectivity index (χ1v) is 12.3. The second-order valence-electron chi connectivity index (χ2n) is 8.79. The molecule has 0 radical (unpaired) electrons. The minimum Gasteiger partial charge on any atom is -0.380 e. The molecule has 200 valence electrons. The first-order valence-electron chi connectivity index (χ1n) is 11.5. The Kier molecular flexibility index (Phi) is 8.17. The first-order chi connectivity index (χ1) is 18.1. The van der Waals surface area contributed by atoms with Gasteiger partial charge < -0.3 is 20.7 Å². The second kappa shape index (κ2) is 11.4. The summed E-state index contributed by atoms with van der Waals surface area (Å²) < 4.78 is 45.9. The molecule has 0 spiro atoms. The Hall–Kier alpha value is -3.71. The predicted octanol–water partition coefficient (Wildman–Crippen LogP) is 3.75. The number of carbonyl (C=O) groups is 2. The largest absolute Gasteiger partial charge is 0.418 e. The molecule has 1 fully saturated rings. The van der Waals surface area contributed by atoms with Gasteiger partial charge in [0.1, 0.15) is 0 Å². The maximum Gasteiger partial charge on any atom is 0.418 e. The standard InChI is InChI=1S/C25H23BrF3N5O4/c26-17-3-6-20(19(10-17)25(27,28)29)33-18-4-1-15(2-5-18)11-30-23(37)24(7-8-38-14-24)13-31-22(36)16-9-21(35)34-32-12-16/h1-6,9-10,12,33H,7-8,11,13-14H2,(H,30,37)(H,31,36)(H,34,35)/t24-/m0/s1. The molecule has 0 unspecified atom stereocenters. The molecule has 1 saturated heterocycles. The number of ether oxygens (including phenoxy) is 1. The molecule has 0 saturated carbocycles. The Morgan fingerprint density at radius 1 is 1.11 bits per heavy atom. The number of H-pyrrole nitrogens is 1. The van der Waals surface area contributed by atoms with E-state index in [1.54, 1.807) is 24.3 Å². The van der Waals surface area contributed by atoms with Crippen LogP contribution in [0.2, 0.25) is 0 Å². The van der Waals surface area contributed by atoms with Crippen molar-refractivity contribution in [2.45, 2.75) is 19.1 Å². The van der Waals surface area contributed by atoms with E-state index in [1.165, 1.54) is 18.3 Å². The van der Waals surface area contributed by atoms with Crippen molar-refractivity contribution in [2.24, 2.45) is 5.41 Å². The lowest BCUT2D eigenvalue weighted by Crippen LogP contribution is -2.49. The van der Waals surface area contributed by atoms with E-state index in [1.807, 2.05) is 0 Å². The average Bonchev–Trinajstić information content (AvgIpc) is 3.37. The van der Waals surface area contributed by atoms with Crippen molar-refractivity contribution in [3.05, 3.63) is 86.2 Å². The number of aromatic amines is 1. The number of benzene rings is 2. The number of carbonyl (C=O) groups excluding carboxylic acids is 2. The molecule has 2 aromatic carbocycles. The van der Waals surface area contributed by atoms with Gasteiger partial charge >= 0.3 is 6.18 Å². The Morgan fingerprint density at radius 3 is 2.53 bits per heavy atom. The van der Waals surface area contributed by atoms with Crippen molar-refractivity contribution >= 4 is 39.1 Å². The van der Waals surface area contributed by atoms with Gasteiger partial charge in [-0.3, -0.25) is 14.4 Å². The van der Waals surface area contributed by atoms with Crippen LogP contribution in [0, 0.1) is 5.41 Å². The van der Waals surface area contributed by atoms with E-state index in [-0.39, 0.29) is 36.9 Å². The van der Waals surface area contributed by atoms with Crippen molar-refractivity contribution in [2.75, 3.05) is 25.1 Å². The Bertz CT molecular complexity index is 1370. The summed E-state index contributed by atoms with van der Waals surface area (Å²) in [4.78, 5) is 36.9. The molecule has 13 heteroatoms. The van der Waals surface area contributed by atoms with E-state index in [9.17, 15) is 27.6 Å². The topological polar surface area (TPSA) is 125 Å². The van der Waals surface area contributed by atoms with Crippen LogP contribution in [0.3, 0.4) is 0 Å². The van der Waals surface area contributed by atoms with E-state index in [0.29, 0.717) is 23.2 Å². The molecule has 4 N–H and O–H groups in total. The maximum absolute atomic E-state index is 13.4. The fraction of sp³-hybridized carbons (Fsp3) is 0.280. The Labute approximate surface area is 223 Å². The maximum atomic E-state index is 13.4. The third-order valence-electron chi connectivity index (χ3n) is 6.07. The van der Waals surface area contributed by atoms with Crippen LogP contribution in [-0.4, -0.2) is 41.8 Å². The predicted molar refractivity (Wildman–Crippen MR) is 136 cm³/mol. The van der Waals surface area contributed by atoms with Gasteiger partial charge in [0.25, 0.3) is 11.5 Å². The number of hydrogen-bond acceptors (Lipinski definition) is 6. The Morgan fingerprint density at radius 2 is 1.87 bits per heavy atom. The lowest BCUT2D eigenvalue weighted by Gasteiger charge is -2.26. The fourth-order valence-electron chi connectivity index (χ4n) is 3.95. The average molecular weight is 594 g/mol. The molecule has 0 aliphatic carbocycles. The number of nitrogens with one attached hydrogen (secondary N) is 4. The van der Waals surface area contributed by atoms with E-state index in [2.05, 4.69) is 42.1 Å².